The average molecular weight is 630 g/mol. The lowest BCUT2D eigenvalue weighted by molar-refractivity contribution is 0.445. The Morgan fingerprint density at radius 2 is 1.02 bits per heavy atom. The SMILES string of the molecule is c1ccc(N(c2ccc(-c3cccc4ccccc34)cc2)c2ccc3ccccc3c2)c(-c2cccc3cccc(C4CCCCC4)c23)c1. The summed E-state index contributed by atoms with van der Waals surface area (Å²) >= 11 is 0. The molecule has 0 amide bonds. The van der Waals surface area contributed by atoms with Crippen molar-refractivity contribution in [3.05, 3.63) is 175 Å². The third kappa shape index (κ3) is 5.46. The predicted octanol–water partition coefficient (Wildman–Crippen LogP) is 14.0. The lowest BCUT2D eigenvalue weighted by Crippen LogP contribution is -2.11. The largest absolute Gasteiger partial charge is 0.310 e. The lowest BCUT2D eigenvalue weighted by Gasteiger charge is -2.29. The first-order valence-electron chi connectivity index (χ1n) is 17.8. The fourth-order valence-corrected chi connectivity index (χ4v) is 8.25. The Morgan fingerprint density at radius 3 is 1.86 bits per heavy atom. The van der Waals surface area contributed by atoms with Gasteiger partial charge in [-0.2, -0.15) is 0 Å². The van der Waals surface area contributed by atoms with Gasteiger partial charge in [0.1, 0.15) is 0 Å². The first-order valence-corrected chi connectivity index (χ1v) is 17.8. The van der Waals surface area contributed by atoms with Crippen molar-refractivity contribution < 1.29 is 0 Å². The molecule has 236 valence electrons. The molecule has 49 heavy (non-hydrogen) atoms. The molecule has 0 aliphatic heterocycles. The molecule has 1 fully saturated rings. The number of nitrogens with zero attached hydrogens (tertiary/aromatic N) is 1. The minimum absolute atomic E-state index is 0.615. The van der Waals surface area contributed by atoms with Crippen LogP contribution in [0.1, 0.15) is 43.6 Å². The van der Waals surface area contributed by atoms with Gasteiger partial charge in [0.2, 0.25) is 0 Å². The van der Waals surface area contributed by atoms with Crippen LogP contribution < -0.4 is 4.90 Å². The fourth-order valence-electron chi connectivity index (χ4n) is 8.25. The molecule has 1 aliphatic rings. The number of benzene rings is 8. The Labute approximate surface area is 289 Å². The van der Waals surface area contributed by atoms with E-state index in [1.165, 1.54) is 97.9 Å². The summed E-state index contributed by atoms with van der Waals surface area (Å²) < 4.78 is 0. The molecular weight excluding hydrogens is 591 g/mol. The van der Waals surface area contributed by atoms with E-state index in [1.807, 2.05) is 0 Å². The molecule has 0 aromatic heterocycles. The van der Waals surface area contributed by atoms with Gasteiger partial charge in [0, 0.05) is 16.9 Å². The molecule has 0 heterocycles. The second-order valence-corrected chi connectivity index (χ2v) is 13.5. The second kappa shape index (κ2) is 12.7. The van der Waals surface area contributed by atoms with Gasteiger partial charge >= 0.3 is 0 Å². The number of rotatable bonds is 6. The summed E-state index contributed by atoms with van der Waals surface area (Å²) in [6.07, 6.45) is 6.56. The molecule has 1 nitrogen and oxygen atoms in total. The van der Waals surface area contributed by atoms with Crippen molar-refractivity contribution in [2.75, 3.05) is 4.90 Å². The van der Waals surface area contributed by atoms with Crippen LogP contribution in [0.15, 0.2) is 170 Å². The molecular formula is C48H39N. The normalized spacial score (nSPS) is 13.6. The Morgan fingerprint density at radius 1 is 0.408 bits per heavy atom. The maximum atomic E-state index is 2.46. The van der Waals surface area contributed by atoms with Crippen molar-refractivity contribution >= 4 is 49.4 Å². The van der Waals surface area contributed by atoms with E-state index < -0.39 is 0 Å². The summed E-state index contributed by atoms with van der Waals surface area (Å²) in [7, 11) is 0. The van der Waals surface area contributed by atoms with Gasteiger partial charge in [-0.15, -0.1) is 0 Å². The van der Waals surface area contributed by atoms with E-state index in [0.717, 1.165) is 11.4 Å². The molecule has 1 aliphatic carbocycles. The molecule has 8 aromatic carbocycles. The molecule has 9 rings (SSSR count). The van der Waals surface area contributed by atoms with Crippen molar-refractivity contribution in [1.82, 2.24) is 0 Å². The van der Waals surface area contributed by atoms with E-state index in [9.17, 15) is 0 Å². The number of hydrogen-bond acceptors (Lipinski definition) is 1. The Balaban J connectivity index is 1.23. The third-order valence-corrected chi connectivity index (χ3v) is 10.6. The van der Waals surface area contributed by atoms with Gasteiger partial charge in [0.05, 0.1) is 5.69 Å². The lowest BCUT2D eigenvalue weighted by atomic mass is 9.80. The summed E-state index contributed by atoms with van der Waals surface area (Å²) in [6, 6.07) is 62.7. The minimum Gasteiger partial charge on any atom is -0.310 e. The van der Waals surface area contributed by atoms with Crippen LogP contribution >= 0.6 is 0 Å². The molecule has 0 unspecified atom stereocenters. The Hall–Kier alpha value is -5.66. The molecule has 8 aromatic rings. The average Bonchev–Trinajstić information content (AvgIpc) is 3.18. The van der Waals surface area contributed by atoms with Crippen molar-refractivity contribution in [1.29, 1.82) is 0 Å². The van der Waals surface area contributed by atoms with Gasteiger partial charge in [0.25, 0.3) is 0 Å². The summed E-state index contributed by atoms with van der Waals surface area (Å²) in [4.78, 5) is 2.46. The molecule has 0 bridgehead atoms. The van der Waals surface area contributed by atoms with Crippen LogP contribution in [-0.4, -0.2) is 0 Å². The first kappa shape index (κ1) is 29.5. The molecule has 1 saturated carbocycles. The molecule has 0 spiro atoms. The van der Waals surface area contributed by atoms with Gasteiger partial charge in [-0.1, -0.05) is 159 Å². The zero-order valence-corrected chi connectivity index (χ0v) is 27.7. The van der Waals surface area contributed by atoms with E-state index in [-0.39, 0.29) is 0 Å². The van der Waals surface area contributed by atoms with Crippen LogP contribution in [0, 0.1) is 0 Å². The molecule has 1 heteroatoms. The molecule has 0 N–H and O–H groups in total. The zero-order chi connectivity index (χ0) is 32.6. The summed E-state index contributed by atoms with van der Waals surface area (Å²) in [6.45, 7) is 0. The maximum absolute atomic E-state index is 2.46. The van der Waals surface area contributed by atoms with Crippen LogP contribution in [0.5, 0.6) is 0 Å². The first-order chi connectivity index (χ1) is 24.3. The monoisotopic (exact) mass is 629 g/mol. The summed E-state index contributed by atoms with van der Waals surface area (Å²) in [5.41, 5.74) is 10.0. The smallest absolute Gasteiger partial charge is 0.0540 e. The van der Waals surface area contributed by atoms with Gasteiger partial charge in [-0.05, 0) is 104 Å². The highest BCUT2D eigenvalue weighted by Gasteiger charge is 2.23. The standard InChI is InChI=1S/C48H39N/c1-2-14-36(15-3-1)44-24-11-19-38-20-12-25-46(48(38)44)45-22-8-9-26-47(45)49(41-32-27-34-13-4-5-17-39(34)33-41)40-30-28-37(29-31-40)43-23-10-18-35-16-6-7-21-42(35)43/h4-13,16-33,36H,1-3,14-15H2. The fraction of sp³-hybridized carbons (Fsp3) is 0.125. The molecule has 0 atom stereocenters. The highest BCUT2D eigenvalue weighted by molar-refractivity contribution is 6.04. The molecule has 0 saturated heterocycles. The van der Waals surface area contributed by atoms with E-state index in [2.05, 4.69) is 175 Å². The number of fused-ring (bicyclic) bond motifs is 3. The number of anilines is 3. The third-order valence-electron chi connectivity index (χ3n) is 10.6. The predicted molar refractivity (Wildman–Crippen MR) is 210 cm³/mol. The van der Waals surface area contributed by atoms with Crippen LogP contribution in [0.25, 0.3) is 54.6 Å². The highest BCUT2D eigenvalue weighted by Crippen LogP contribution is 2.46. The quantitative estimate of drug-likeness (QED) is 0.177. The summed E-state index contributed by atoms with van der Waals surface area (Å²) in [5, 5.41) is 7.76. The highest BCUT2D eigenvalue weighted by atomic mass is 15.1. The van der Waals surface area contributed by atoms with Gasteiger partial charge in [-0.25, -0.2) is 0 Å². The van der Waals surface area contributed by atoms with E-state index in [0.29, 0.717) is 5.92 Å². The van der Waals surface area contributed by atoms with E-state index >= 15 is 0 Å². The van der Waals surface area contributed by atoms with Crippen LogP contribution in [0.2, 0.25) is 0 Å². The van der Waals surface area contributed by atoms with Gasteiger partial charge in [-0.3, -0.25) is 0 Å². The van der Waals surface area contributed by atoms with Crippen LogP contribution in [0.3, 0.4) is 0 Å². The van der Waals surface area contributed by atoms with E-state index in [4.69, 9.17) is 0 Å². The Bertz CT molecular complexity index is 2420. The Kier molecular flexibility index (Phi) is 7.67. The zero-order valence-electron chi connectivity index (χ0n) is 27.7. The topological polar surface area (TPSA) is 3.24 Å². The van der Waals surface area contributed by atoms with Crippen molar-refractivity contribution in [3.8, 4) is 22.3 Å². The van der Waals surface area contributed by atoms with Crippen LogP contribution in [-0.2, 0) is 0 Å². The van der Waals surface area contributed by atoms with Crippen LogP contribution in [0.4, 0.5) is 17.1 Å². The van der Waals surface area contributed by atoms with Crippen molar-refractivity contribution in [3.63, 3.8) is 0 Å². The summed E-state index contributed by atoms with van der Waals surface area (Å²) in [5.74, 6) is 0.615. The number of hydrogen-bond donors (Lipinski definition) is 0. The van der Waals surface area contributed by atoms with Crippen molar-refractivity contribution in [2.45, 2.75) is 38.0 Å². The van der Waals surface area contributed by atoms with E-state index in [1.54, 1.807) is 0 Å². The molecule has 0 radical (unpaired) electrons. The van der Waals surface area contributed by atoms with Gasteiger partial charge in [0.15, 0.2) is 0 Å². The number of para-hydroxylation sites is 1. The minimum atomic E-state index is 0.615. The maximum Gasteiger partial charge on any atom is 0.0540 e. The van der Waals surface area contributed by atoms with Gasteiger partial charge < -0.3 is 4.90 Å². The van der Waals surface area contributed by atoms with Crippen molar-refractivity contribution in [2.24, 2.45) is 0 Å². The second-order valence-electron chi connectivity index (χ2n) is 13.5.